The van der Waals surface area contributed by atoms with Crippen molar-refractivity contribution in [2.75, 3.05) is 31.7 Å². The zero-order chi connectivity index (χ0) is 18.2. The Labute approximate surface area is 157 Å². The molecule has 1 aromatic heterocycles. The van der Waals surface area contributed by atoms with E-state index in [0.29, 0.717) is 31.4 Å². The van der Waals surface area contributed by atoms with Gasteiger partial charge in [0.2, 0.25) is 5.91 Å². The summed E-state index contributed by atoms with van der Waals surface area (Å²) in [6.45, 7) is 4.30. The van der Waals surface area contributed by atoms with Crippen molar-refractivity contribution in [3.05, 3.63) is 29.6 Å². The Hall–Kier alpha value is -1.96. The number of nitrogens with one attached hydrogen (secondary N) is 1. The number of carbonyl (C=O) groups excluding carboxylic acids is 1. The summed E-state index contributed by atoms with van der Waals surface area (Å²) in [6, 6.07) is 7.76. The molecule has 1 aromatic carbocycles. The molecule has 1 N–H and O–H groups in total. The van der Waals surface area contributed by atoms with Crippen LogP contribution in [0.15, 0.2) is 29.6 Å². The zero-order valence-corrected chi connectivity index (χ0v) is 15.7. The first-order valence-electron chi connectivity index (χ1n) is 8.93. The van der Waals surface area contributed by atoms with Gasteiger partial charge in [0.15, 0.2) is 5.13 Å². The van der Waals surface area contributed by atoms with E-state index in [4.69, 9.17) is 14.2 Å². The standard InChI is InChI=1S/C19H24N2O4S/c1-2-24-17-8-4-3-7-15(17)16-13-26-19(20-16)21-18(22)9-11-23-12-14-6-5-10-25-14/h3-4,7-8,13-14H,2,5-6,9-12H2,1H3,(H,20,21,22). The lowest BCUT2D eigenvalue weighted by atomic mass is 10.1. The lowest BCUT2D eigenvalue weighted by Crippen LogP contribution is -2.18. The molecule has 0 aliphatic carbocycles. The Morgan fingerprint density at radius 2 is 2.31 bits per heavy atom. The number of aromatic nitrogens is 1. The summed E-state index contributed by atoms with van der Waals surface area (Å²) in [6.07, 6.45) is 2.62. The smallest absolute Gasteiger partial charge is 0.228 e. The third-order valence-electron chi connectivity index (χ3n) is 4.01. The highest BCUT2D eigenvalue weighted by atomic mass is 32.1. The van der Waals surface area contributed by atoms with Crippen molar-refractivity contribution in [2.24, 2.45) is 0 Å². The number of para-hydroxylation sites is 1. The monoisotopic (exact) mass is 376 g/mol. The van der Waals surface area contributed by atoms with Crippen molar-refractivity contribution in [1.82, 2.24) is 4.98 Å². The van der Waals surface area contributed by atoms with Gasteiger partial charge in [0.1, 0.15) is 5.75 Å². The van der Waals surface area contributed by atoms with E-state index in [9.17, 15) is 4.79 Å². The fraction of sp³-hybridized carbons (Fsp3) is 0.474. The third-order valence-corrected chi connectivity index (χ3v) is 4.77. The van der Waals surface area contributed by atoms with E-state index in [-0.39, 0.29) is 12.0 Å². The first kappa shape index (κ1) is 18.8. The predicted molar refractivity (Wildman–Crippen MR) is 102 cm³/mol. The first-order chi connectivity index (χ1) is 12.8. The van der Waals surface area contributed by atoms with E-state index in [0.717, 1.165) is 36.5 Å². The third kappa shape index (κ3) is 5.27. The number of ether oxygens (including phenoxy) is 3. The van der Waals surface area contributed by atoms with Gasteiger partial charge in [-0.25, -0.2) is 4.98 Å². The number of benzene rings is 1. The highest BCUT2D eigenvalue weighted by Gasteiger charge is 2.16. The van der Waals surface area contributed by atoms with E-state index in [1.54, 1.807) is 0 Å². The number of hydrogen-bond acceptors (Lipinski definition) is 6. The van der Waals surface area contributed by atoms with E-state index < -0.39 is 0 Å². The van der Waals surface area contributed by atoms with Crippen LogP contribution in [0.1, 0.15) is 26.2 Å². The van der Waals surface area contributed by atoms with Crippen molar-refractivity contribution in [3.8, 4) is 17.0 Å². The summed E-state index contributed by atoms with van der Waals surface area (Å²) >= 11 is 1.40. The van der Waals surface area contributed by atoms with Crippen LogP contribution in [0, 0.1) is 0 Å². The maximum Gasteiger partial charge on any atom is 0.228 e. The summed E-state index contributed by atoms with van der Waals surface area (Å²) in [4.78, 5) is 16.5. The van der Waals surface area contributed by atoms with Crippen LogP contribution < -0.4 is 10.1 Å². The molecule has 2 aromatic rings. The Balaban J connectivity index is 1.48. The van der Waals surface area contributed by atoms with Crippen molar-refractivity contribution >= 4 is 22.4 Å². The molecule has 1 unspecified atom stereocenters. The minimum atomic E-state index is -0.101. The molecule has 2 heterocycles. The van der Waals surface area contributed by atoms with Crippen molar-refractivity contribution in [2.45, 2.75) is 32.3 Å². The second-order valence-corrected chi connectivity index (χ2v) is 6.83. The van der Waals surface area contributed by atoms with Gasteiger partial charge in [0.05, 0.1) is 38.0 Å². The predicted octanol–water partition coefficient (Wildman–Crippen LogP) is 3.73. The van der Waals surface area contributed by atoms with Crippen LogP contribution in [0.4, 0.5) is 5.13 Å². The van der Waals surface area contributed by atoms with Gasteiger partial charge in [-0.2, -0.15) is 0 Å². The molecule has 1 aliphatic rings. The molecule has 26 heavy (non-hydrogen) atoms. The first-order valence-corrected chi connectivity index (χ1v) is 9.81. The molecule has 140 valence electrons. The number of hydrogen-bond donors (Lipinski definition) is 1. The van der Waals surface area contributed by atoms with Crippen molar-refractivity contribution in [3.63, 3.8) is 0 Å². The molecule has 0 saturated carbocycles. The summed E-state index contributed by atoms with van der Waals surface area (Å²) in [7, 11) is 0. The molecule has 1 aliphatic heterocycles. The van der Waals surface area contributed by atoms with Crippen LogP contribution in [-0.4, -0.2) is 43.4 Å². The minimum Gasteiger partial charge on any atom is -0.493 e. The Morgan fingerprint density at radius 3 is 3.12 bits per heavy atom. The number of anilines is 1. The van der Waals surface area contributed by atoms with Gasteiger partial charge in [0, 0.05) is 17.6 Å². The van der Waals surface area contributed by atoms with Gasteiger partial charge in [0.25, 0.3) is 0 Å². The van der Waals surface area contributed by atoms with Gasteiger partial charge >= 0.3 is 0 Å². The molecular formula is C19H24N2O4S. The molecule has 1 amide bonds. The summed E-state index contributed by atoms with van der Waals surface area (Å²) < 4.78 is 16.6. The topological polar surface area (TPSA) is 69.7 Å². The lowest BCUT2D eigenvalue weighted by molar-refractivity contribution is -0.117. The second-order valence-electron chi connectivity index (χ2n) is 5.98. The fourth-order valence-corrected chi connectivity index (χ4v) is 3.48. The molecule has 1 fully saturated rings. The average Bonchev–Trinajstić information content (AvgIpc) is 3.31. The van der Waals surface area contributed by atoms with Gasteiger partial charge in [-0.3, -0.25) is 4.79 Å². The Kier molecular flexibility index (Phi) is 6.99. The largest absolute Gasteiger partial charge is 0.493 e. The molecule has 6 nitrogen and oxygen atoms in total. The quantitative estimate of drug-likeness (QED) is 0.675. The molecule has 0 radical (unpaired) electrons. The van der Waals surface area contributed by atoms with E-state index >= 15 is 0 Å². The molecule has 0 spiro atoms. The van der Waals surface area contributed by atoms with E-state index in [1.807, 2.05) is 36.6 Å². The Bertz CT molecular complexity index is 713. The molecular weight excluding hydrogens is 352 g/mol. The molecule has 1 atom stereocenters. The van der Waals surface area contributed by atoms with Crippen molar-refractivity contribution < 1.29 is 19.0 Å². The highest BCUT2D eigenvalue weighted by molar-refractivity contribution is 7.14. The molecule has 3 rings (SSSR count). The summed E-state index contributed by atoms with van der Waals surface area (Å²) in [5.74, 6) is 0.692. The number of thiazole rings is 1. The van der Waals surface area contributed by atoms with Crippen LogP contribution >= 0.6 is 11.3 Å². The van der Waals surface area contributed by atoms with Crippen LogP contribution in [0.3, 0.4) is 0 Å². The average molecular weight is 376 g/mol. The van der Waals surface area contributed by atoms with Crippen LogP contribution in [0.5, 0.6) is 5.75 Å². The van der Waals surface area contributed by atoms with E-state index in [1.165, 1.54) is 11.3 Å². The van der Waals surface area contributed by atoms with Crippen LogP contribution in [-0.2, 0) is 14.3 Å². The van der Waals surface area contributed by atoms with E-state index in [2.05, 4.69) is 10.3 Å². The summed E-state index contributed by atoms with van der Waals surface area (Å²) in [5, 5.41) is 5.33. The van der Waals surface area contributed by atoms with Crippen LogP contribution in [0.25, 0.3) is 11.3 Å². The number of carbonyl (C=O) groups is 1. The Morgan fingerprint density at radius 1 is 1.42 bits per heavy atom. The molecule has 0 bridgehead atoms. The summed E-state index contributed by atoms with van der Waals surface area (Å²) in [5.41, 5.74) is 1.72. The number of rotatable bonds is 9. The minimum absolute atomic E-state index is 0.101. The molecule has 1 saturated heterocycles. The number of amides is 1. The fourth-order valence-electron chi connectivity index (χ4n) is 2.75. The van der Waals surface area contributed by atoms with Crippen molar-refractivity contribution in [1.29, 1.82) is 0 Å². The van der Waals surface area contributed by atoms with Gasteiger partial charge in [-0.05, 0) is 31.9 Å². The maximum absolute atomic E-state index is 12.0. The number of nitrogens with zero attached hydrogens (tertiary/aromatic N) is 1. The van der Waals surface area contributed by atoms with Gasteiger partial charge < -0.3 is 19.5 Å². The van der Waals surface area contributed by atoms with Gasteiger partial charge in [-0.1, -0.05) is 12.1 Å². The normalized spacial score (nSPS) is 16.6. The molecule has 7 heteroatoms. The lowest BCUT2D eigenvalue weighted by Gasteiger charge is -2.09. The zero-order valence-electron chi connectivity index (χ0n) is 14.9. The highest BCUT2D eigenvalue weighted by Crippen LogP contribution is 2.32. The SMILES string of the molecule is CCOc1ccccc1-c1csc(NC(=O)CCOCC2CCCO2)n1. The van der Waals surface area contributed by atoms with Gasteiger partial charge in [-0.15, -0.1) is 11.3 Å². The maximum atomic E-state index is 12.0. The second kappa shape index (κ2) is 9.66. The van der Waals surface area contributed by atoms with Crippen LogP contribution in [0.2, 0.25) is 0 Å².